The Morgan fingerprint density at radius 3 is 2.27 bits per heavy atom. The second kappa shape index (κ2) is 11.3. The zero-order chi connectivity index (χ0) is 19.5. The van der Waals surface area contributed by atoms with Crippen LogP contribution in [-0.4, -0.2) is 36.0 Å². The van der Waals surface area contributed by atoms with Crippen molar-refractivity contribution < 1.29 is 19.6 Å². The highest BCUT2D eigenvalue weighted by Crippen LogP contribution is 2.17. The molecule has 0 aromatic heterocycles. The van der Waals surface area contributed by atoms with E-state index in [1.165, 1.54) is 7.05 Å². The second-order valence-electron chi connectivity index (χ2n) is 6.77. The molecule has 7 nitrogen and oxygen atoms in total. The minimum absolute atomic E-state index is 0.125. The SMILES string of the molecule is CNC(=O)[C@@H](CCc1ccccc1)NC(=O)[C@H](CC(=O)NO)CC(C)C. The van der Waals surface area contributed by atoms with Crippen LogP contribution >= 0.6 is 0 Å². The summed E-state index contributed by atoms with van der Waals surface area (Å²) in [4.78, 5) is 36.2. The molecule has 3 amide bonds. The quantitative estimate of drug-likeness (QED) is 0.372. The molecule has 0 saturated carbocycles. The number of rotatable bonds is 10. The van der Waals surface area contributed by atoms with Crippen molar-refractivity contribution in [3.05, 3.63) is 35.9 Å². The van der Waals surface area contributed by atoms with Crippen molar-refractivity contribution in [1.82, 2.24) is 16.1 Å². The molecule has 0 aliphatic heterocycles. The van der Waals surface area contributed by atoms with Gasteiger partial charge in [0.2, 0.25) is 17.7 Å². The Hall–Kier alpha value is -2.41. The van der Waals surface area contributed by atoms with Crippen LogP contribution in [0.1, 0.15) is 38.7 Å². The standard InChI is InChI=1S/C19H29N3O4/c1-13(2)11-15(12-17(23)22-26)18(24)21-16(19(25)20-3)10-9-14-7-5-4-6-8-14/h4-8,13,15-16,26H,9-12H2,1-3H3,(H,20,25)(H,21,24)(H,22,23)/t15-,16+/m0/s1. The van der Waals surface area contributed by atoms with Crippen LogP contribution in [-0.2, 0) is 20.8 Å². The number of hydroxylamine groups is 1. The molecule has 7 heteroatoms. The van der Waals surface area contributed by atoms with E-state index in [9.17, 15) is 14.4 Å². The number of carbonyl (C=O) groups excluding carboxylic acids is 3. The molecule has 144 valence electrons. The lowest BCUT2D eigenvalue weighted by molar-refractivity contribution is -0.136. The van der Waals surface area contributed by atoms with Gasteiger partial charge in [-0.25, -0.2) is 5.48 Å². The van der Waals surface area contributed by atoms with E-state index in [1.807, 2.05) is 44.2 Å². The smallest absolute Gasteiger partial charge is 0.244 e. The zero-order valence-corrected chi connectivity index (χ0v) is 15.6. The van der Waals surface area contributed by atoms with Crippen molar-refractivity contribution in [1.29, 1.82) is 0 Å². The number of nitrogens with one attached hydrogen (secondary N) is 3. The molecule has 0 aliphatic rings. The lowest BCUT2D eigenvalue weighted by Crippen LogP contribution is -2.48. The van der Waals surface area contributed by atoms with Gasteiger partial charge in [-0.15, -0.1) is 0 Å². The van der Waals surface area contributed by atoms with E-state index >= 15 is 0 Å². The van der Waals surface area contributed by atoms with Gasteiger partial charge < -0.3 is 10.6 Å². The molecule has 0 bridgehead atoms. The van der Waals surface area contributed by atoms with Crippen LogP contribution in [0.5, 0.6) is 0 Å². The Morgan fingerprint density at radius 2 is 1.73 bits per heavy atom. The van der Waals surface area contributed by atoms with Gasteiger partial charge in [0.1, 0.15) is 6.04 Å². The van der Waals surface area contributed by atoms with Crippen LogP contribution in [0.3, 0.4) is 0 Å². The Morgan fingerprint density at radius 1 is 1.08 bits per heavy atom. The van der Waals surface area contributed by atoms with Crippen molar-refractivity contribution in [2.75, 3.05) is 7.05 Å². The van der Waals surface area contributed by atoms with E-state index in [1.54, 1.807) is 5.48 Å². The molecule has 0 radical (unpaired) electrons. The summed E-state index contributed by atoms with van der Waals surface area (Å²) in [7, 11) is 1.52. The molecular formula is C19H29N3O4. The number of hydrogen-bond donors (Lipinski definition) is 4. The Kier molecular flexibility index (Phi) is 9.36. The number of likely N-dealkylation sites (N-methyl/N-ethyl adjacent to an activating group) is 1. The van der Waals surface area contributed by atoms with Gasteiger partial charge in [0, 0.05) is 19.4 Å². The summed E-state index contributed by atoms with van der Waals surface area (Å²) < 4.78 is 0. The minimum atomic E-state index is -0.681. The number of aryl methyl sites for hydroxylation is 1. The molecule has 0 unspecified atom stereocenters. The van der Waals surface area contributed by atoms with Gasteiger partial charge in [-0.2, -0.15) is 0 Å². The number of carbonyl (C=O) groups is 3. The minimum Gasteiger partial charge on any atom is -0.357 e. The van der Waals surface area contributed by atoms with Crippen LogP contribution in [0, 0.1) is 11.8 Å². The molecular weight excluding hydrogens is 334 g/mol. The number of hydrogen-bond acceptors (Lipinski definition) is 4. The van der Waals surface area contributed by atoms with Gasteiger partial charge in [0.25, 0.3) is 0 Å². The number of amides is 3. The molecule has 26 heavy (non-hydrogen) atoms. The monoisotopic (exact) mass is 363 g/mol. The van der Waals surface area contributed by atoms with Crippen LogP contribution in [0.4, 0.5) is 0 Å². The van der Waals surface area contributed by atoms with E-state index in [4.69, 9.17) is 5.21 Å². The fourth-order valence-electron chi connectivity index (χ4n) is 2.81. The maximum absolute atomic E-state index is 12.6. The van der Waals surface area contributed by atoms with Crippen molar-refractivity contribution in [2.45, 2.75) is 45.6 Å². The summed E-state index contributed by atoms with van der Waals surface area (Å²) in [6.45, 7) is 3.89. The zero-order valence-electron chi connectivity index (χ0n) is 15.6. The highest BCUT2D eigenvalue weighted by atomic mass is 16.5. The van der Waals surface area contributed by atoms with E-state index < -0.39 is 17.9 Å². The average molecular weight is 363 g/mol. The third-order valence-corrected chi connectivity index (χ3v) is 4.13. The lowest BCUT2D eigenvalue weighted by atomic mass is 9.92. The normalized spacial score (nSPS) is 13.0. The van der Waals surface area contributed by atoms with Crippen molar-refractivity contribution in [3.63, 3.8) is 0 Å². The Bertz CT molecular complexity index is 590. The first-order valence-electron chi connectivity index (χ1n) is 8.86. The first kappa shape index (κ1) is 21.6. The maximum atomic E-state index is 12.6. The van der Waals surface area contributed by atoms with Crippen LogP contribution in [0.25, 0.3) is 0 Å². The fraction of sp³-hybridized carbons (Fsp3) is 0.526. The third kappa shape index (κ3) is 7.65. The average Bonchev–Trinajstić information content (AvgIpc) is 2.63. The lowest BCUT2D eigenvalue weighted by Gasteiger charge is -2.22. The fourth-order valence-corrected chi connectivity index (χ4v) is 2.81. The molecule has 4 N–H and O–H groups in total. The van der Waals surface area contributed by atoms with E-state index in [2.05, 4.69) is 10.6 Å². The Labute approximate surface area is 154 Å². The Balaban J connectivity index is 2.77. The molecule has 2 atom stereocenters. The molecule has 0 spiro atoms. The largest absolute Gasteiger partial charge is 0.357 e. The van der Waals surface area contributed by atoms with Gasteiger partial charge in [-0.05, 0) is 30.7 Å². The second-order valence-corrected chi connectivity index (χ2v) is 6.77. The summed E-state index contributed by atoms with van der Waals surface area (Å²) in [6.07, 6.45) is 1.46. The summed E-state index contributed by atoms with van der Waals surface area (Å²) in [5, 5.41) is 14.0. The highest BCUT2D eigenvalue weighted by molar-refractivity contribution is 5.90. The van der Waals surface area contributed by atoms with Gasteiger partial charge in [-0.3, -0.25) is 19.6 Å². The van der Waals surface area contributed by atoms with Crippen molar-refractivity contribution in [2.24, 2.45) is 11.8 Å². The molecule has 1 rings (SSSR count). The summed E-state index contributed by atoms with van der Waals surface area (Å²) >= 11 is 0. The maximum Gasteiger partial charge on any atom is 0.244 e. The van der Waals surface area contributed by atoms with Crippen LogP contribution in [0.2, 0.25) is 0 Å². The van der Waals surface area contributed by atoms with E-state index in [0.29, 0.717) is 19.3 Å². The van der Waals surface area contributed by atoms with Crippen molar-refractivity contribution in [3.8, 4) is 0 Å². The van der Waals surface area contributed by atoms with E-state index in [-0.39, 0.29) is 24.2 Å². The van der Waals surface area contributed by atoms with Gasteiger partial charge >= 0.3 is 0 Å². The van der Waals surface area contributed by atoms with E-state index in [0.717, 1.165) is 5.56 Å². The van der Waals surface area contributed by atoms with Gasteiger partial charge in [0.05, 0.1) is 0 Å². The molecule has 0 heterocycles. The molecule has 1 aromatic carbocycles. The summed E-state index contributed by atoms with van der Waals surface area (Å²) in [5.74, 6) is -1.66. The van der Waals surface area contributed by atoms with Crippen LogP contribution in [0.15, 0.2) is 30.3 Å². The predicted octanol–water partition coefficient (Wildman–Crippen LogP) is 1.41. The highest BCUT2D eigenvalue weighted by Gasteiger charge is 2.27. The topological polar surface area (TPSA) is 108 Å². The van der Waals surface area contributed by atoms with Gasteiger partial charge in [-0.1, -0.05) is 44.2 Å². The third-order valence-electron chi connectivity index (χ3n) is 4.13. The first-order valence-corrected chi connectivity index (χ1v) is 8.86. The molecule has 0 aliphatic carbocycles. The molecule has 0 saturated heterocycles. The van der Waals surface area contributed by atoms with Crippen LogP contribution < -0.4 is 16.1 Å². The summed E-state index contributed by atoms with van der Waals surface area (Å²) in [6, 6.07) is 9.03. The molecule has 1 aromatic rings. The predicted molar refractivity (Wildman–Crippen MR) is 98.3 cm³/mol. The summed E-state index contributed by atoms with van der Waals surface area (Å²) in [5.41, 5.74) is 2.64. The first-order chi connectivity index (χ1) is 12.4. The van der Waals surface area contributed by atoms with Gasteiger partial charge in [0.15, 0.2) is 0 Å². The molecule has 0 fully saturated rings. The van der Waals surface area contributed by atoms with Crippen molar-refractivity contribution >= 4 is 17.7 Å². The number of benzene rings is 1.